The van der Waals surface area contributed by atoms with E-state index in [1.54, 1.807) is 40.7 Å². The standard InChI is InChI=1S/C25H23BrFN7O2/c1-12-6-13-15(7-14(12)27)33(23-21(13)22(28)29-11-30-23)10-20(35)34-16(8-25(2)9-17(25)34)24(36)32-19-5-3-4-18(26)31-19/h3-7,11,16-17H,8-10H2,1-2H3,(H2,28,29,30)(H,31,32,36)/t16-,17?,25-/m0/s1. The molecule has 1 aliphatic carbocycles. The van der Waals surface area contributed by atoms with E-state index in [1.165, 1.54) is 12.4 Å². The fourth-order valence-electron chi connectivity index (χ4n) is 5.49. The first-order valence-electron chi connectivity index (χ1n) is 11.6. The van der Waals surface area contributed by atoms with Gasteiger partial charge in [-0.1, -0.05) is 13.0 Å². The summed E-state index contributed by atoms with van der Waals surface area (Å²) in [6.07, 6.45) is 2.74. The number of amides is 2. The quantitative estimate of drug-likeness (QED) is 0.372. The van der Waals surface area contributed by atoms with Gasteiger partial charge in [-0.3, -0.25) is 9.59 Å². The van der Waals surface area contributed by atoms with E-state index in [1.807, 2.05) is 0 Å². The molecule has 0 radical (unpaired) electrons. The van der Waals surface area contributed by atoms with Crippen molar-refractivity contribution < 1.29 is 14.0 Å². The second kappa shape index (κ2) is 7.95. The maximum atomic E-state index is 14.6. The summed E-state index contributed by atoms with van der Waals surface area (Å²) in [7, 11) is 0. The number of anilines is 2. The number of rotatable bonds is 4. The second-order valence-electron chi connectivity index (χ2n) is 9.89. The summed E-state index contributed by atoms with van der Waals surface area (Å²) in [5.41, 5.74) is 7.47. The lowest BCUT2D eigenvalue weighted by molar-refractivity contribution is -0.138. The van der Waals surface area contributed by atoms with Crippen LogP contribution in [-0.2, 0) is 16.1 Å². The number of aromatic nitrogens is 4. The van der Waals surface area contributed by atoms with Crippen LogP contribution in [0.15, 0.2) is 41.3 Å². The molecule has 1 unspecified atom stereocenters. The van der Waals surface area contributed by atoms with Gasteiger partial charge < -0.3 is 20.5 Å². The third-order valence-corrected chi connectivity index (χ3v) is 7.88. The molecule has 1 aliphatic heterocycles. The Hall–Kier alpha value is -3.60. The topological polar surface area (TPSA) is 119 Å². The van der Waals surface area contributed by atoms with Gasteiger partial charge in [-0.25, -0.2) is 19.3 Å². The van der Waals surface area contributed by atoms with Crippen LogP contribution in [0.25, 0.3) is 21.9 Å². The summed E-state index contributed by atoms with van der Waals surface area (Å²) in [4.78, 5) is 41.4. The fourth-order valence-corrected chi connectivity index (χ4v) is 5.83. The predicted molar refractivity (Wildman–Crippen MR) is 136 cm³/mol. The summed E-state index contributed by atoms with van der Waals surface area (Å²) >= 11 is 3.31. The number of fused-ring (bicyclic) bond motifs is 4. The van der Waals surface area contributed by atoms with E-state index in [4.69, 9.17) is 5.73 Å². The lowest BCUT2D eigenvalue weighted by Crippen LogP contribution is -2.46. The number of benzene rings is 1. The molecule has 6 rings (SSSR count). The van der Waals surface area contributed by atoms with E-state index >= 15 is 0 Å². The van der Waals surface area contributed by atoms with E-state index in [9.17, 15) is 14.0 Å². The fraction of sp³-hybridized carbons (Fsp3) is 0.320. The molecule has 3 N–H and O–H groups in total. The van der Waals surface area contributed by atoms with Crippen LogP contribution in [0.2, 0.25) is 0 Å². The van der Waals surface area contributed by atoms with Crippen LogP contribution in [0, 0.1) is 18.2 Å². The number of carbonyl (C=O) groups is 2. The van der Waals surface area contributed by atoms with Gasteiger partial charge in [-0.2, -0.15) is 0 Å². The number of likely N-dealkylation sites (tertiary alicyclic amines) is 1. The SMILES string of the molecule is Cc1cc2c3c(N)ncnc3n(CC(=O)N3C4C[C@]4(C)C[C@H]3C(=O)Nc3cccc(Br)n3)c2cc1F. The van der Waals surface area contributed by atoms with Crippen molar-refractivity contribution in [2.75, 3.05) is 11.1 Å². The number of aryl methyl sites for hydroxylation is 1. The number of hydrogen-bond donors (Lipinski definition) is 2. The molecule has 1 aromatic carbocycles. The minimum atomic E-state index is -0.631. The van der Waals surface area contributed by atoms with Crippen LogP contribution in [0.1, 0.15) is 25.3 Å². The molecule has 2 amide bonds. The molecule has 9 nitrogen and oxygen atoms in total. The maximum Gasteiger partial charge on any atom is 0.248 e. The van der Waals surface area contributed by atoms with Gasteiger partial charge in [0.2, 0.25) is 11.8 Å². The number of pyridine rings is 1. The highest BCUT2D eigenvalue weighted by atomic mass is 79.9. The summed E-state index contributed by atoms with van der Waals surface area (Å²) in [6, 6.07) is 7.68. The van der Waals surface area contributed by atoms with Crippen LogP contribution in [-0.4, -0.2) is 48.3 Å². The van der Waals surface area contributed by atoms with Gasteiger partial charge in [-0.15, -0.1) is 0 Å². The molecular formula is C25H23BrFN7O2. The maximum absolute atomic E-state index is 14.6. The Bertz CT molecular complexity index is 1590. The van der Waals surface area contributed by atoms with Crippen molar-refractivity contribution in [2.24, 2.45) is 5.41 Å². The van der Waals surface area contributed by atoms with E-state index in [-0.39, 0.29) is 41.5 Å². The largest absolute Gasteiger partial charge is 0.383 e. The van der Waals surface area contributed by atoms with Crippen molar-refractivity contribution >= 4 is 61.3 Å². The molecular weight excluding hydrogens is 529 g/mol. The van der Waals surface area contributed by atoms with E-state index in [0.717, 1.165) is 6.42 Å². The first-order chi connectivity index (χ1) is 17.2. The third-order valence-electron chi connectivity index (χ3n) is 7.43. The smallest absolute Gasteiger partial charge is 0.248 e. The number of halogens is 2. The Kier molecular flexibility index (Phi) is 5.05. The van der Waals surface area contributed by atoms with Crippen molar-refractivity contribution in [3.63, 3.8) is 0 Å². The average molecular weight is 552 g/mol. The minimum absolute atomic E-state index is 0.0250. The zero-order chi connectivity index (χ0) is 25.4. The molecule has 0 spiro atoms. The molecule has 3 aromatic heterocycles. The number of hydrogen-bond acceptors (Lipinski definition) is 6. The summed E-state index contributed by atoms with van der Waals surface area (Å²) in [6.45, 7) is 3.66. The van der Waals surface area contributed by atoms with Crippen LogP contribution < -0.4 is 11.1 Å². The van der Waals surface area contributed by atoms with Gasteiger partial charge >= 0.3 is 0 Å². The molecule has 184 valence electrons. The first kappa shape index (κ1) is 22.8. The Balaban J connectivity index is 1.36. The highest BCUT2D eigenvalue weighted by molar-refractivity contribution is 9.10. The van der Waals surface area contributed by atoms with E-state index < -0.39 is 6.04 Å². The predicted octanol–water partition coefficient (Wildman–Crippen LogP) is 3.79. The van der Waals surface area contributed by atoms with Gasteiger partial charge in [0.15, 0.2) is 0 Å². The lowest BCUT2D eigenvalue weighted by Gasteiger charge is -2.27. The zero-order valence-corrected chi connectivity index (χ0v) is 21.2. The van der Waals surface area contributed by atoms with Crippen molar-refractivity contribution in [3.8, 4) is 0 Å². The molecule has 4 heterocycles. The van der Waals surface area contributed by atoms with Crippen molar-refractivity contribution in [3.05, 3.63) is 52.6 Å². The Morgan fingerprint density at radius 2 is 2.08 bits per heavy atom. The van der Waals surface area contributed by atoms with E-state index in [2.05, 4.69) is 43.1 Å². The summed E-state index contributed by atoms with van der Waals surface area (Å²) in [5.74, 6) is -0.233. The van der Waals surface area contributed by atoms with Crippen molar-refractivity contribution in [1.82, 2.24) is 24.4 Å². The first-order valence-corrected chi connectivity index (χ1v) is 12.4. The van der Waals surface area contributed by atoms with E-state index in [0.29, 0.717) is 44.3 Å². The zero-order valence-electron chi connectivity index (χ0n) is 19.6. The van der Waals surface area contributed by atoms with Crippen LogP contribution >= 0.6 is 15.9 Å². The van der Waals surface area contributed by atoms with Crippen molar-refractivity contribution in [2.45, 2.75) is 45.3 Å². The average Bonchev–Trinajstić information content (AvgIpc) is 3.25. The normalized spacial score (nSPS) is 22.7. The highest BCUT2D eigenvalue weighted by Crippen LogP contribution is 2.59. The number of nitrogens with two attached hydrogens (primary N) is 1. The van der Waals surface area contributed by atoms with Crippen LogP contribution in [0.3, 0.4) is 0 Å². The number of nitrogens with zero attached hydrogens (tertiary/aromatic N) is 5. The van der Waals surface area contributed by atoms with Gasteiger partial charge in [0, 0.05) is 11.4 Å². The van der Waals surface area contributed by atoms with Gasteiger partial charge in [0.25, 0.3) is 0 Å². The summed E-state index contributed by atoms with van der Waals surface area (Å²) < 4.78 is 16.8. The molecule has 36 heavy (non-hydrogen) atoms. The van der Waals surface area contributed by atoms with Gasteiger partial charge in [0.1, 0.15) is 46.6 Å². The molecule has 2 fully saturated rings. The number of carbonyl (C=O) groups excluding carboxylic acids is 2. The Labute approximate surface area is 214 Å². The third kappa shape index (κ3) is 3.52. The Morgan fingerprint density at radius 1 is 1.28 bits per heavy atom. The number of nitrogen functional groups attached to an aromatic ring is 1. The minimum Gasteiger partial charge on any atom is -0.383 e. The monoisotopic (exact) mass is 551 g/mol. The molecule has 11 heteroatoms. The van der Waals surface area contributed by atoms with Gasteiger partial charge in [0.05, 0.1) is 10.9 Å². The highest BCUT2D eigenvalue weighted by Gasteiger charge is 2.64. The molecule has 0 bridgehead atoms. The second-order valence-corrected chi connectivity index (χ2v) is 10.7. The van der Waals surface area contributed by atoms with Crippen LogP contribution in [0.5, 0.6) is 0 Å². The molecule has 4 aromatic rings. The lowest BCUT2D eigenvalue weighted by atomic mass is 10.0. The van der Waals surface area contributed by atoms with Gasteiger partial charge in [-0.05, 0) is 70.9 Å². The number of nitrogens with one attached hydrogen (secondary N) is 1. The summed E-state index contributed by atoms with van der Waals surface area (Å²) in [5, 5.41) is 4.10. The van der Waals surface area contributed by atoms with Crippen LogP contribution in [0.4, 0.5) is 16.0 Å². The molecule has 1 saturated carbocycles. The molecule has 3 atom stereocenters. The number of piperidine rings is 1. The molecule has 2 aliphatic rings. The van der Waals surface area contributed by atoms with Crippen molar-refractivity contribution in [1.29, 1.82) is 0 Å². The Morgan fingerprint density at radius 3 is 2.86 bits per heavy atom. The molecule has 1 saturated heterocycles.